The van der Waals surface area contributed by atoms with Crippen molar-refractivity contribution in [2.45, 2.75) is 58.3 Å². The van der Waals surface area contributed by atoms with Crippen molar-refractivity contribution in [3.05, 3.63) is 74.5 Å². The number of hydrogen-bond donors (Lipinski definition) is 1. The Morgan fingerprint density at radius 1 is 1.00 bits per heavy atom. The van der Waals surface area contributed by atoms with E-state index in [4.69, 9.17) is 9.47 Å². The van der Waals surface area contributed by atoms with E-state index in [9.17, 15) is 14.4 Å². The number of halogens is 1. The zero-order valence-electron chi connectivity index (χ0n) is 22.6. The minimum atomic E-state index is -0.444. The van der Waals surface area contributed by atoms with Gasteiger partial charge in [0, 0.05) is 54.0 Å². The van der Waals surface area contributed by atoms with Gasteiger partial charge in [-0.1, -0.05) is 18.2 Å². The molecule has 0 radical (unpaired) electrons. The van der Waals surface area contributed by atoms with Gasteiger partial charge in [-0.05, 0) is 84.8 Å². The Morgan fingerprint density at radius 3 is 2.26 bits per heavy atom. The maximum atomic E-state index is 13.3. The Morgan fingerprint density at radius 2 is 1.64 bits per heavy atom. The van der Waals surface area contributed by atoms with Crippen molar-refractivity contribution in [2.75, 3.05) is 25.6 Å². The predicted molar refractivity (Wildman–Crippen MR) is 153 cm³/mol. The number of carbonyl (C=O) groups excluding carboxylic acids is 3. The van der Waals surface area contributed by atoms with Gasteiger partial charge in [-0.2, -0.15) is 0 Å². The second-order valence-corrected chi connectivity index (χ2v) is 11.0. The standard InChI is InChI=1S/C31H33BrN2O5/c1-4-38-26-16-19(15-20(32)31(26)39-17-27(37)33-21-10-6-5-9-18(21)2)28-29-22(11-7-13-24(29)35)34(3)23-12-8-14-25(36)30(23)28/h5-6,9-10,15-16,28H,4,7-8,11-14,17H2,1-3H3,(H,33,37). The van der Waals surface area contributed by atoms with Crippen molar-refractivity contribution in [1.82, 2.24) is 4.90 Å². The van der Waals surface area contributed by atoms with Gasteiger partial charge in [-0.25, -0.2) is 0 Å². The number of anilines is 1. The quantitative estimate of drug-likeness (QED) is 0.411. The summed E-state index contributed by atoms with van der Waals surface area (Å²) in [4.78, 5) is 41.4. The summed E-state index contributed by atoms with van der Waals surface area (Å²) in [7, 11) is 1.98. The predicted octanol–water partition coefficient (Wildman–Crippen LogP) is 6.22. The number of benzene rings is 2. The van der Waals surface area contributed by atoms with Gasteiger partial charge >= 0.3 is 0 Å². The number of allylic oxidation sites excluding steroid dienone is 4. The van der Waals surface area contributed by atoms with Crippen molar-refractivity contribution in [1.29, 1.82) is 0 Å². The summed E-state index contributed by atoms with van der Waals surface area (Å²) in [6.07, 6.45) is 4.23. The molecule has 2 aromatic carbocycles. The fraction of sp³-hybridized carbons (Fsp3) is 0.387. The first kappa shape index (κ1) is 27.2. The molecule has 0 saturated carbocycles. The third-order valence-electron chi connectivity index (χ3n) is 7.68. The smallest absolute Gasteiger partial charge is 0.262 e. The second kappa shape index (κ2) is 11.4. The monoisotopic (exact) mass is 592 g/mol. The van der Waals surface area contributed by atoms with Crippen LogP contribution in [-0.4, -0.2) is 42.6 Å². The molecule has 1 aliphatic heterocycles. The molecule has 0 aromatic heterocycles. The number of rotatable bonds is 7. The van der Waals surface area contributed by atoms with Gasteiger partial charge in [-0.3, -0.25) is 14.4 Å². The van der Waals surface area contributed by atoms with E-state index in [0.29, 0.717) is 35.4 Å². The Labute approximate surface area is 237 Å². The van der Waals surface area contributed by atoms with Crippen LogP contribution in [-0.2, 0) is 14.4 Å². The molecule has 5 rings (SSSR count). The summed E-state index contributed by atoms with van der Waals surface area (Å²) in [6.45, 7) is 3.98. The minimum Gasteiger partial charge on any atom is -0.490 e. The first-order valence-corrected chi connectivity index (χ1v) is 14.3. The Bertz CT molecular complexity index is 1370. The lowest BCUT2D eigenvalue weighted by atomic mass is 9.71. The Balaban J connectivity index is 1.50. The van der Waals surface area contributed by atoms with Crippen LogP contribution in [0.3, 0.4) is 0 Å². The summed E-state index contributed by atoms with van der Waals surface area (Å²) >= 11 is 3.63. The van der Waals surface area contributed by atoms with Crippen molar-refractivity contribution >= 4 is 39.1 Å². The van der Waals surface area contributed by atoms with E-state index in [1.807, 2.05) is 57.3 Å². The number of aryl methyl sites for hydroxylation is 1. The Kier molecular flexibility index (Phi) is 7.93. The highest BCUT2D eigenvalue weighted by Crippen LogP contribution is 2.50. The van der Waals surface area contributed by atoms with Gasteiger partial charge < -0.3 is 19.7 Å². The van der Waals surface area contributed by atoms with Gasteiger partial charge in [-0.15, -0.1) is 0 Å². The zero-order valence-corrected chi connectivity index (χ0v) is 24.2. The summed E-state index contributed by atoms with van der Waals surface area (Å²) in [5.41, 5.74) is 5.98. The summed E-state index contributed by atoms with van der Waals surface area (Å²) < 4.78 is 12.5. The first-order chi connectivity index (χ1) is 18.8. The van der Waals surface area contributed by atoms with Crippen LogP contribution in [0.15, 0.2) is 63.4 Å². The first-order valence-electron chi connectivity index (χ1n) is 13.5. The topological polar surface area (TPSA) is 84.9 Å². The largest absolute Gasteiger partial charge is 0.490 e. The van der Waals surface area contributed by atoms with Crippen molar-refractivity contribution in [2.24, 2.45) is 0 Å². The summed E-state index contributed by atoms with van der Waals surface area (Å²) in [5, 5.41) is 2.88. The molecule has 2 aliphatic carbocycles. The number of para-hydroxylation sites is 1. The molecule has 0 atom stereocenters. The van der Waals surface area contributed by atoms with Gasteiger partial charge in [0.1, 0.15) is 0 Å². The molecule has 39 heavy (non-hydrogen) atoms. The highest BCUT2D eigenvalue weighted by molar-refractivity contribution is 9.10. The number of amides is 1. The number of ketones is 2. The molecule has 0 unspecified atom stereocenters. The van der Waals surface area contributed by atoms with Crippen molar-refractivity contribution in [3.63, 3.8) is 0 Å². The van der Waals surface area contributed by atoms with Crippen LogP contribution >= 0.6 is 15.9 Å². The SMILES string of the molecule is CCOc1cc(C2C3=C(CCCC3=O)N(C)C3=C2C(=O)CCC3)cc(Br)c1OCC(=O)Nc1ccccc1C. The summed E-state index contributed by atoms with van der Waals surface area (Å²) in [6, 6.07) is 11.3. The van der Waals surface area contributed by atoms with E-state index < -0.39 is 5.92 Å². The van der Waals surface area contributed by atoms with Crippen LogP contribution in [0.5, 0.6) is 11.5 Å². The maximum Gasteiger partial charge on any atom is 0.262 e. The average molecular weight is 594 g/mol. The molecule has 1 N–H and O–H groups in total. The molecule has 7 nitrogen and oxygen atoms in total. The van der Waals surface area contributed by atoms with Crippen LogP contribution in [0.4, 0.5) is 5.69 Å². The van der Waals surface area contributed by atoms with E-state index in [1.165, 1.54) is 0 Å². The average Bonchev–Trinajstić information content (AvgIpc) is 2.91. The molecule has 3 aliphatic rings. The molecule has 0 fully saturated rings. The molecule has 0 spiro atoms. The van der Waals surface area contributed by atoms with Gasteiger partial charge in [0.25, 0.3) is 5.91 Å². The summed E-state index contributed by atoms with van der Waals surface area (Å²) in [5.74, 6) is 0.326. The number of carbonyl (C=O) groups is 3. The van der Waals surface area contributed by atoms with E-state index >= 15 is 0 Å². The normalized spacial score (nSPS) is 17.7. The lowest BCUT2D eigenvalue weighted by Crippen LogP contribution is -2.37. The van der Waals surface area contributed by atoms with Crippen molar-refractivity contribution in [3.8, 4) is 11.5 Å². The number of Topliss-reactive ketones (excluding diaryl/α,β-unsaturated/α-hetero) is 2. The lowest BCUT2D eigenvalue weighted by molar-refractivity contribution is -0.118. The molecule has 0 bridgehead atoms. The van der Waals surface area contributed by atoms with Crippen molar-refractivity contribution < 1.29 is 23.9 Å². The maximum absolute atomic E-state index is 13.3. The van der Waals surface area contributed by atoms with Gasteiger partial charge in [0.15, 0.2) is 29.7 Å². The van der Waals surface area contributed by atoms with E-state index in [-0.39, 0.29) is 24.1 Å². The molecule has 0 saturated heterocycles. The highest BCUT2D eigenvalue weighted by atomic mass is 79.9. The van der Waals surface area contributed by atoms with Crippen LogP contribution < -0.4 is 14.8 Å². The van der Waals surface area contributed by atoms with Gasteiger partial charge in [0.2, 0.25) is 0 Å². The van der Waals surface area contributed by atoms with Gasteiger partial charge in [0.05, 0.1) is 11.1 Å². The van der Waals surface area contributed by atoms with Crippen LogP contribution in [0.25, 0.3) is 0 Å². The molecule has 8 heteroatoms. The molecule has 204 valence electrons. The minimum absolute atomic E-state index is 0.0975. The number of nitrogens with one attached hydrogen (secondary N) is 1. The highest BCUT2D eigenvalue weighted by Gasteiger charge is 2.42. The number of nitrogens with zero attached hydrogens (tertiary/aromatic N) is 1. The van der Waals surface area contributed by atoms with E-state index in [0.717, 1.165) is 65.0 Å². The van der Waals surface area contributed by atoms with E-state index in [2.05, 4.69) is 26.1 Å². The van der Waals surface area contributed by atoms with Crippen LogP contribution in [0.2, 0.25) is 0 Å². The molecular formula is C31H33BrN2O5. The Hall–Kier alpha value is -3.39. The number of ether oxygens (including phenoxy) is 2. The van der Waals surface area contributed by atoms with Crippen LogP contribution in [0.1, 0.15) is 62.5 Å². The molecular weight excluding hydrogens is 560 g/mol. The third-order valence-corrected chi connectivity index (χ3v) is 8.27. The molecule has 1 amide bonds. The number of hydrogen-bond acceptors (Lipinski definition) is 6. The third kappa shape index (κ3) is 5.26. The second-order valence-electron chi connectivity index (χ2n) is 10.2. The molecule has 2 aromatic rings. The lowest BCUT2D eigenvalue weighted by Gasteiger charge is -2.42. The fourth-order valence-corrected chi connectivity index (χ4v) is 6.45. The molecule has 1 heterocycles. The van der Waals surface area contributed by atoms with E-state index in [1.54, 1.807) is 0 Å². The zero-order chi connectivity index (χ0) is 27.7. The fourth-order valence-electron chi connectivity index (χ4n) is 5.88. The van der Waals surface area contributed by atoms with Crippen LogP contribution in [0, 0.1) is 6.92 Å².